The molecule has 0 radical (unpaired) electrons. The first-order valence-corrected chi connectivity index (χ1v) is 8.64. The van der Waals surface area contributed by atoms with Crippen LogP contribution in [0.15, 0.2) is 60.9 Å². The number of carbonyl (C=O) groups is 1. The molecule has 3 aromatic rings. The fourth-order valence-corrected chi connectivity index (χ4v) is 2.55. The molecule has 2 N–H and O–H groups in total. The van der Waals surface area contributed by atoms with Crippen molar-refractivity contribution in [2.75, 3.05) is 11.9 Å². The van der Waals surface area contributed by atoms with Crippen molar-refractivity contribution in [3.8, 4) is 6.07 Å². The molecule has 1 aromatic heterocycles. The third kappa shape index (κ3) is 5.27. The standard InChI is InChI=1S/C20H16ClN5O/c21-16-6-4-14(5-7-16)8-9-23-20(27)18-11-19(25-13-24-18)26-17-3-1-2-15(10-17)12-22/h1-7,10-11,13H,8-9H2,(H,23,27)(H,24,25,26). The summed E-state index contributed by atoms with van der Waals surface area (Å²) < 4.78 is 0. The van der Waals surface area contributed by atoms with Crippen molar-refractivity contribution in [1.82, 2.24) is 15.3 Å². The minimum Gasteiger partial charge on any atom is -0.350 e. The van der Waals surface area contributed by atoms with Crippen molar-refractivity contribution in [2.45, 2.75) is 6.42 Å². The first kappa shape index (κ1) is 18.4. The van der Waals surface area contributed by atoms with E-state index in [1.807, 2.05) is 30.3 Å². The number of carbonyl (C=O) groups excluding carboxylic acids is 1. The molecular formula is C20H16ClN5O. The van der Waals surface area contributed by atoms with Crippen LogP contribution >= 0.6 is 11.6 Å². The van der Waals surface area contributed by atoms with E-state index < -0.39 is 0 Å². The second kappa shape index (κ2) is 8.79. The third-order valence-corrected chi connectivity index (χ3v) is 4.03. The molecule has 0 aliphatic carbocycles. The van der Waals surface area contributed by atoms with Gasteiger partial charge in [0.2, 0.25) is 0 Å². The van der Waals surface area contributed by atoms with Crippen LogP contribution in [-0.2, 0) is 6.42 Å². The number of benzene rings is 2. The van der Waals surface area contributed by atoms with Gasteiger partial charge in [0.25, 0.3) is 5.91 Å². The summed E-state index contributed by atoms with van der Waals surface area (Å²) in [4.78, 5) is 20.4. The van der Waals surface area contributed by atoms with Crippen LogP contribution in [0.3, 0.4) is 0 Å². The van der Waals surface area contributed by atoms with Crippen molar-refractivity contribution in [3.63, 3.8) is 0 Å². The lowest BCUT2D eigenvalue weighted by Crippen LogP contribution is -2.26. The molecule has 0 aliphatic heterocycles. The number of nitriles is 1. The number of hydrogen-bond acceptors (Lipinski definition) is 5. The average Bonchev–Trinajstić information content (AvgIpc) is 2.70. The fraction of sp³-hybridized carbons (Fsp3) is 0.100. The molecule has 2 aromatic carbocycles. The topological polar surface area (TPSA) is 90.7 Å². The molecule has 7 heteroatoms. The summed E-state index contributed by atoms with van der Waals surface area (Å²) in [6.07, 6.45) is 2.02. The average molecular weight is 378 g/mol. The Kier molecular flexibility index (Phi) is 5.98. The molecule has 0 unspecified atom stereocenters. The van der Waals surface area contributed by atoms with Gasteiger partial charge >= 0.3 is 0 Å². The van der Waals surface area contributed by atoms with E-state index >= 15 is 0 Å². The Labute approximate surface area is 161 Å². The van der Waals surface area contributed by atoms with E-state index in [-0.39, 0.29) is 11.6 Å². The lowest BCUT2D eigenvalue weighted by molar-refractivity contribution is 0.0949. The normalized spacial score (nSPS) is 10.1. The van der Waals surface area contributed by atoms with Gasteiger partial charge < -0.3 is 10.6 Å². The number of halogens is 1. The SMILES string of the molecule is N#Cc1cccc(Nc2cc(C(=O)NCCc3ccc(Cl)cc3)ncn2)c1. The Bertz CT molecular complexity index is 982. The molecule has 0 saturated carbocycles. The van der Waals surface area contributed by atoms with Crippen molar-refractivity contribution in [3.05, 3.63) is 82.8 Å². The number of nitrogens with zero attached hydrogens (tertiary/aromatic N) is 3. The molecule has 6 nitrogen and oxygen atoms in total. The van der Waals surface area contributed by atoms with Crippen LogP contribution in [0.4, 0.5) is 11.5 Å². The zero-order valence-corrected chi connectivity index (χ0v) is 15.1. The predicted octanol–water partition coefficient (Wildman–Crippen LogP) is 3.72. The molecule has 0 bridgehead atoms. The zero-order chi connectivity index (χ0) is 19.1. The Hall–Kier alpha value is -3.43. The van der Waals surface area contributed by atoms with Gasteiger partial charge in [0.1, 0.15) is 17.8 Å². The Morgan fingerprint density at radius 3 is 2.70 bits per heavy atom. The maximum absolute atomic E-state index is 12.3. The monoisotopic (exact) mass is 377 g/mol. The Balaban J connectivity index is 1.59. The third-order valence-electron chi connectivity index (χ3n) is 3.78. The van der Waals surface area contributed by atoms with Gasteiger partial charge in [0.15, 0.2) is 0 Å². The molecule has 134 valence electrons. The van der Waals surface area contributed by atoms with Crippen LogP contribution in [0.5, 0.6) is 0 Å². The molecule has 0 spiro atoms. The summed E-state index contributed by atoms with van der Waals surface area (Å²) in [6.45, 7) is 0.484. The van der Waals surface area contributed by atoms with E-state index in [1.54, 1.807) is 24.3 Å². The first-order chi connectivity index (χ1) is 13.1. The number of aromatic nitrogens is 2. The fourth-order valence-electron chi connectivity index (χ4n) is 2.43. The van der Waals surface area contributed by atoms with Gasteiger partial charge in [-0.05, 0) is 42.3 Å². The quantitative estimate of drug-likeness (QED) is 0.683. The summed E-state index contributed by atoms with van der Waals surface area (Å²) in [5.41, 5.74) is 2.60. The number of hydrogen-bond donors (Lipinski definition) is 2. The highest BCUT2D eigenvalue weighted by molar-refractivity contribution is 6.30. The van der Waals surface area contributed by atoms with Crippen LogP contribution in [0.1, 0.15) is 21.6 Å². The van der Waals surface area contributed by atoms with Gasteiger partial charge in [-0.25, -0.2) is 9.97 Å². The van der Waals surface area contributed by atoms with Crippen LogP contribution in [0.2, 0.25) is 5.02 Å². The number of anilines is 2. The smallest absolute Gasteiger partial charge is 0.270 e. The van der Waals surface area contributed by atoms with Gasteiger partial charge in [-0.1, -0.05) is 29.8 Å². The van der Waals surface area contributed by atoms with Crippen LogP contribution in [0, 0.1) is 11.3 Å². The van der Waals surface area contributed by atoms with Gasteiger partial charge in [-0.3, -0.25) is 4.79 Å². The molecule has 1 heterocycles. The van der Waals surface area contributed by atoms with Gasteiger partial charge in [0.05, 0.1) is 11.6 Å². The molecule has 0 fully saturated rings. The Morgan fingerprint density at radius 2 is 1.93 bits per heavy atom. The van der Waals surface area contributed by atoms with Crippen molar-refractivity contribution in [1.29, 1.82) is 5.26 Å². The summed E-state index contributed by atoms with van der Waals surface area (Å²) in [5.74, 6) is 0.197. The molecular weight excluding hydrogens is 362 g/mol. The van der Waals surface area contributed by atoms with E-state index in [9.17, 15) is 4.79 Å². The first-order valence-electron chi connectivity index (χ1n) is 8.26. The predicted molar refractivity (Wildman–Crippen MR) is 104 cm³/mol. The summed E-state index contributed by atoms with van der Waals surface area (Å²) in [5, 5.41) is 15.5. The zero-order valence-electron chi connectivity index (χ0n) is 14.3. The maximum Gasteiger partial charge on any atom is 0.270 e. The summed E-state index contributed by atoms with van der Waals surface area (Å²) in [6, 6.07) is 18.1. The highest BCUT2D eigenvalue weighted by atomic mass is 35.5. The minimum atomic E-state index is -0.278. The lowest BCUT2D eigenvalue weighted by Gasteiger charge is -2.08. The minimum absolute atomic E-state index is 0.264. The summed E-state index contributed by atoms with van der Waals surface area (Å²) >= 11 is 5.86. The molecule has 27 heavy (non-hydrogen) atoms. The number of amides is 1. The summed E-state index contributed by atoms with van der Waals surface area (Å²) in [7, 11) is 0. The molecule has 1 amide bonds. The van der Waals surface area contributed by atoms with Crippen molar-refractivity contribution in [2.24, 2.45) is 0 Å². The van der Waals surface area contributed by atoms with Crippen LogP contribution in [0.25, 0.3) is 0 Å². The van der Waals surface area contributed by atoms with E-state index in [2.05, 4.69) is 26.7 Å². The second-order valence-electron chi connectivity index (χ2n) is 5.74. The van der Waals surface area contributed by atoms with Gasteiger partial charge in [0, 0.05) is 23.3 Å². The van der Waals surface area contributed by atoms with E-state index in [0.29, 0.717) is 35.1 Å². The second-order valence-corrected chi connectivity index (χ2v) is 6.17. The van der Waals surface area contributed by atoms with E-state index in [4.69, 9.17) is 16.9 Å². The van der Waals surface area contributed by atoms with Crippen LogP contribution in [-0.4, -0.2) is 22.4 Å². The molecule has 0 saturated heterocycles. The lowest BCUT2D eigenvalue weighted by atomic mass is 10.1. The largest absolute Gasteiger partial charge is 0.350 e. The molecule has 3 rings (SSSR count). The van der Waals surface area contributed by atoms with Gasteiger partial charge in [-0.2, -0.15) is 5.26 Å². The number of nitrogens with one attached hydrogen (secondary N) is 2. The van der Waals surface area contributed by atoms with E-state index in [1.165, 1.54) is 6.33 Å². The number of rotatable bonds is 6. The Morgan fingerprint density at radius 1 is 1.11 bits per heavy atom. The van der Waals surface area contributed by atoms with E-state index in [0.717, 1.165) is 5.56 Å². The maximum atomic E-state index is 12.3. The van der Waals surface area contributed by atoms with Gasteiger partial charge in [-0.15, -0.1) is 0 Å². The highest BCUT2D eigenvalue weighted by Gasteiger charge is 2.09. The van der Waals surface area contributed by atoms with Crippen molar-refractivity contribution >= 4 is 29.0 Å². The highest BCUT2D eigenvalue weighted by Crippen LogP contribution is 2.16. The molecule has 0 atom stereocenters. The molecule has 0 aliphatic rings. The van der Waals surface area contributed by atoms with Crippen LogP contribution < -0.4 is 10.6 Å². The van der Waals surface area contributed by atoms with Crippen molar-refractivity contribution < 1.29 is 4.79 Å².